The second-order valence-electron chi connectivity index (χ2n) is 4.74. The first kappa shape index (κ1) is 17.0. The third-order valence-electron chi connectivity index (χ3n) is 2.96. The first-order valence-electron chi connectivity index (χ1n) is 7.03. The van der Waals surface area contributed by atoms with Gasteiger partial charge in [0, 0.05) is 16.0 Å². The summed E-state index contributed by atoms with van der Waals surface area (Å²) in [4.78, 5) is 14.9. The fraction of sp³-hybridized carbons (Fsp3) is 0. The minimum Gasteiger partial charge on any atom is -0.448 e. The third kappa shape index (κ3) is 4.82. The summed E-state index contributed by atoms with van der Waals surface area (Å²) in [5, 5.41) is 15.9. The molecule has 126 valence electrons. The molecule has 3 rings (SSSR count). The molecule has 0 fully saturated rings. The van der Waals surface area contributed by atoms with Crippen molar-refractivity contribution in [1.82, 2.24) is 4.98 Å². The number of nitro groups is 1. The number of halogens is 1. The molecular formula is C16H11ClN4O3S. The van der Waals surface area contributed by atoms with Gasteiger partial charge in [-0.25, -0.2) is 4.98 Å². The number of furan rings is 1. The van der Waals surface area contributed by atoms with Crippen molar-refractivity contribution in [1.29, 1.82) is 0 Å². The Morgan fingerprint density at radius 1 is 1.20 bits per heavy atom. The molecule has 3 aromatic rings. The van der Waals surface area contributed by atoms with Crippen LogP contribution in [-0.4, -0.2) is 16.1 Å². The average molecular weight is 375 g/mol. The number of pyridine rings is 1. The number of aromatic nitrogens is 1. The van der Waals surface area contributed by atoms with Gasteiger partial charge in [-0.1, -0.05) is 23.4 Å². The molecule has 7 nitrogen and oxygen atoms in total. The lowest BCUT2D eigenvalue weighted by molar-refractivity contribution is -0.385. The molecule has 0 bridgehead atoms. The number of anilines is 1. The van der Waals surface area contributed by atoms with Crippen molar-refractivity contribution in [3.8, 4) is 0 Å². The SMILES string of the molecule is O=[N+]([O-])c1ccc(NN=Cc2ccc(Sc3ccc(Cl)cc3)o2)nc1. The van der Waals surface area contributed by atoms with Crippen molar-refractivity contribution in [3.05, 3.63) is 75.6 Å². The first-order valence-corrected chi connectivity index (χ1v) is 8.22. The van der Waals surface area contributed by atoms with E-state index in [1.807, 2.05) is 30.3 Å². The summed E-state index contributed by atoms with van der Waals surface area (Å²) in [7, 11) is 0. The minimum absolute atomic E-state index is 0.0792. The number of rotatable bonds is 6. The van der Waals surface area contributed by atoms with Gasteiger partial charge in [0.05, 0.1) is 11.1 Å². The molecule has 0 saturated carbocycles. The zero-order valence-electron chi connectivity index (χ0n) is 12.6. The molecule has 2 heterocycles. The van der Waals surface area contributed by atoms with Crippen molar-refractivity contribution in [2.24, 2.45) is 5.10 Å². The molecule has 0 radical (unpaired) electrons. The molecule has 0 spiro atoms. The molecule has 0 unspecified atom stereocenters. The number of benzene rings is 1. The van der Waals surface area contributed by atoms with Crippen LogP contribution < -0.4 is 5.43 Å². The highest BCUT2D eigenvalue weighted by Gasteiger charge is 2.05. The van der Waals surface area contributed by atoms with E-state index in [2.05, 4.69) is 15.5 Å². The summed E-state index contributed by atoms with van der Waals surface area (Å²) in [6, 6.07) is 13.9. The second-order valence-corrected chi connectivity index (χ2v) is 6.26. The van der Waals surface area contributed by atoms with Crippen molar-refractivity contribution < 1.29 is 9.34 Å². The highest BCUT2D eigenvalue weighted by molar-refractivity contribution is 7.99. The summed E-state index contributed by atoms with van der Waals surface area (Å²) in [6.07, 6.45) is 2.65. The van der Waals surface area contributed by atoms with Crippen LogP contribution >= 0.6 is 23.4 Å². The fourth-order valence-electron chi connectivity index (χ4n) is 1.80. The van der Waals surface area contributed by atoms with Crippen molar-refractivity contribution >= 4 is 41.1 Å². The summed E-state index contributed by atoms with van der Waals surface area (Å²) < 4.78 is 5.64. The minimum atomic E-state index is -0.511. The number of nitrogens with one attached hydrogen (secondary N) is 1. The zero-order valence-corrected chi connectivity index (χ0v) is 14.2. The van der Waals surface area contributed by atoms with Crippen molar-refractivity contribution in [2.75, 3.05) is 5.43 Å². The normalized spacial score (nSPS) is 10.9. The molecule has 1 aromatic carbocycles. The maximum absolute atomic E-state index is 10.6. The smallest absolute Gasteiger partial charge is 0.287 e. The molecule has 0 aliphatic heterocycles. The van der Waals surface area contributed by atoms with E-state index in [9.17, 15) is 10.1 Å². The fourth-order valence-corrected chi connectivity index (χ4v) is 2.70. The molecule has 0 aliphatic rings. The summed E-state index contributed by atoms with van der Waals surface area (Å²) in [5.74, 6) is 0.954. The van der Waals surface area contributed by atoms with Crippen LogP contribution in [0.2, 0.25) is 5.02 Å². The van der Waals surface area contributed by atoms with Gasteiger partial charge in [-0.3, -0.25) is 15.5 Å². The maximum atomic E-state index is 10.6. The molecule has 0 atom stereocenters. The largest absolute Gasteiger partial charge is 0.448 e. The van der Waals surface area contributed by atoms with E-state index in [1.54, 1.807) is 6.07 Å². The predicted molar refractivity (Wildman–Crippen MR) is 96.4 cm³/mol. The van der Waals surface area contributed by atoms with Crippen LogP contribution in [0.4, 0.5) is 11.5 Å². The quantitative estimate of drug-likeness (QED) is 0.377. The number of nitrogens with zero attached hydrogens (tertiary/aromatic N) is 3. The van der Waals surface area contributed by atoms with Crippen LogP contribution in [-0.2, 0) is 0 Å². The molecule has 1 N–H and O–H groups in total. The molecule has 0 aliphatic carbocycles. The number of hydrazone groups is 1. The summed E-state index contributed by atoms with van der Waals surface area (Å²) >= 11 is 7.32. The van der Waals surface area contributed by atoms with Gasteiger partial charge in [0.2, 0.25) is 0 Å². The van der Waals surface area contributed by atoms with Crippen LogP contribution in [0.3, 0.4) is 0 Å². The van der Waals surface area contributed by atoms with Gasteiger partial charge < -0.3 is 4.42 Å². The average Bonchev–Trinajstić information content (AvgIpc) is 3.05. The Balaban J connectivity index is 1.58. The Labute approximate surface area is 151 Å². The lowest BCUT2D eigenvalue weighted by Gasteiger charge is -1.98. The van der Waals surface area contributed by atoms with E-state index in [0.717, 1.165) is 16.2 Å². The van der Waals surface area contributed by atoms with Crippen LogP contribution in [0.1, 0.15) is 5.76 Å². The van der Waals surface area contributed by atoms with Crippen LogP contribution in [0.5, 0.6) is 0 Å². The van der Waals surface area contributed by atoms with Gasteiger partial charge in [-0.15, -0.1) is 0 Å². The Morgan fingerprint density at radius 3 is 2.68 bits per heavy atom. The van der Waals surface area contributed by atoms with E-state index < -0.39 is 4.92 Å². The van der Waals surface area contributed by atoms with Gasteiger partial charge in [-0.2, -0.15) is 5.10 Å². The van der Waals surface area contributed by atoms with Crippen molar-refractivity contribution in [3.63, 3.8) is 0 Å². The van der Waals surface area contributed by atoms with Gasteiger partial charge in [0.25, 0.3) is 5.69 Å². The molecule has 25 heavy (non-hydrogen) atoms. The summed E-state index contributed by atoms with van der Waals surface area (Å²) in [5.41, 5.74) is 2.60. The lowest BCUT2D eigenvalue weighted by Crippen LogP contribution is -1.94. The Morgan fingerprint density at radius 2 is 2.00 bits per heavy atom. The van der Waals surface area contributed by atoms with E-state index in [1.165, 1.54) is 30.1 Å². The summed E-state index contributed by atoms with van der Waals surface area (Å²) in [6.45, 7) is 0. The molecule has 0 saturated heterocycles. The maximum Gasteiger partial charge on any atom is 0.287 e. The monoisotopic (exact) mass is 374 g/mol. The van der Waals surface area contributed by atoms with Crippen LogP contribution in [0, 0.1) is 10.1 Å². The number of hydrogen-bond acceptors (Lipinski definition) is 7. The van der Waals surface area contributed by atoms with Gasteiger partial charge in [0.15, 0.2) is 5.09 Å². The van der Waals surface area contributed by atoms with Crippen molar-refractivity contribution in [2.45, 2.75) is 9.99 Å². The topological polar surface area (TPSA) is 93.6 Å². The zero-order chi connectivity index (χ0) is 17.6. The Bertz CT molecular complexity index is 895. The standard InChI is InChI=1S/C16H11ClN4O3S/c17-11-1-5-14(6-2-11)25-16-8-4-13(24-16)10-19-20-15-7-3-12(9-18-15)21(22)23/h1-10H,(H,18,20). The molecule has 2 aromatic heterocycles. The highest BCUT2D eigenvalue weighted by atomic mass is 35.5. The van der Waals surface area contributed by atoms with E-state index in [-0.39, 0.29) is 5.69 Å². The third-order valence-corrected chi connectivity index (χ3v) is 4.14. The van der Waals surface area contributed by atoms with Gasteiger partial charge in [-0.05, 0) is 42.5 Å². The molecular weight excluding hydrogens is 364 g/mol. The highest BCUT2D eigenvalue weighted by Crippen LogP contribution is 2.29. The molecule has 0 amide bonds. The van der Waals surface area contributed by atoms with E-state index >= 15 is 0 Å². The molecule has 9 heteroatoms. The Kier molecular flexibility index (Phi) is 5.32. The van der Waals surface area contributed by atoms with Gasteiger partial charge in [0.1, 0.15) is 17.8 Å². The Hall–Kier alpha value is -2.84. The number of hydrogen-bond donors (Lipinski definition) is 1. The van der Waals surface area contributed by atoms with E-state index in [0.29, 0.717) is 16.6 Å². The second kappa shape index (κ2) is 7.82. The van der Waals surface area contributed by atoms with Gasteiger partial charge >= 0.3 is 0 Å². The van der Waals surface area contributed by atoms with E-state index in [4.69, 9.17) is 16.0 Å². The van der Waals surface area contributed by atoms with Crippen LogP contribution in [0.15, 0.2) is 74.2 Å². The predicted octanol–water partition coefficient (Wildman–Crippen LogP) is 4.83. The first-order chi connectivity index (χ1) is 12.1. The van der Waals surface area contributed by atoms with Crippen LogP contribution in [0.25, 0.3) is 0 Å². The lowest BCUT2D eigenvalue weighted by atomic mass is 10.4.